The Kier molecular flexibility index (Phi) is 4.82. The molecule has 0 aromatic rings. The summed E-state index contributed by atoms with van der Waals surface area (Å²) in [6.45, 7) is 6.95. The van der Waals surface area contributed by atoms with Gasteiger partial charge in [0.2, 0.25) is 0 Å². The quantitative estimate of drug-likeness (QED) is 0.659. The van der Waals surface area contributed by atoms with Crippen molar-refractivity contribution < 1.29 is 0 Å². The van der Waals surface area contributed by atoms with E-state index in [9.17, 15) is 0 Å². The van der Waals surface area contributed by atoms with E-state index in [2.05, 4.69) is 18.7 Å². The van der Waals surface area contributed by atoms with Crippen molar-refractivity contribution in [2.45, 2.75) is 45.6 Å². The summed E-state index contributed by atoms with van der Waals surface area (Å²) in [5.74, 6) is 0.764. The second kappa shape index (κ2) is 5.66. The zero-order valence-electron chi connectivity index (χ0n) is 9.33. The van der Waals surface area contributed by atoms with Crippen molar-refractivity contribution in [3.8, 4) is 0 Å². The van der Waals surface area contributed by atoms with Gasteiger partial charge in [-0.1, -0.05) is 26.1 Å². The van der Waals surface area contributed by atoms with E-state index in [0.717, 1.165) is 24.8 Å². The molecule has 0 spiro atoms. The molecule has 0 atom stereocenters. The summed E-state index contributed by atoms with van der Waals surface area (Å²) < 4.78 is 0. The number of nitrogens with zero attached hydrogens (tertiary/aromatic N) is 1. The van der Waals surface area contributed by atoms with Gasteiger partial charge in [0, 0.05) is 12.6 Å². The first kappa shape index (κ1) is 11.9. The van der Waals surface area contributed by atoms with Crippen LogP contribution in [-0.4, -0.2) is 29.0 Å². The molecule has 0 aromatic carbocycles. The molecule has 1 fully saturated rings. The lowest BCUT2D eigenvalue weighted by Gasteiger charge is -2.23. The molecule has 2 nitrogen and oxygen atoms in total. The maximum atomic E-state index is 5.48. The molecular formula is C11H22N2S. The smallest absolute Gasteiger partial charge is 0.0727 e. The fourth-order valence-electron chi connectivity index (χ4n) is 1.79. The summed E-state index contributed by atoms with van der Waals surface area (Å²) in [6, 6.07) is 0.865. The standard InChI is InChI=1S/C11H22N2S/c1-9(2)8-13(10-5-6-10)7-3-4-11(12)14/h9-10H,3-8H2,1-2H3,(H2,12,14). The molecule has 1 aliphatic carbocycles. The van der Waals surface area contributed by atoms with Gasteiger partial charge in [0.05, 0.1) is 4.99 Å². The van der Waals surface area contributed by atoms with E-state index in [4.69, 9.17) is 18.0 Å². The second-order valence-electron chi connectivity index (χ2n) is 4.69. The maximum Gasteiger partial charge on any atom is 0.0727 e. The van der Waals surface area contributed by atoms with E-state index < -0.39 is 0 Å². The monoisotopic (exact) mass is 214 g/mol. The van der Waals surface area contributed by atoms with Crippen LogP contribution < -0.4 is 5.73 Å². The van der Waals surface area contributed by atoms with Gasteiger partial charge in [-0.25, -0.2) is 0 Å². The molecule has 0 bridgehead atoms. The fourth-order valence-corrected chi connectivity index (χ4v) is 1.93. The third kappa shape index (κ3) is 4.91. The summed E-state index contributed by atoms with van der Waals surface area (Å²) in [5, 5.41) is 0. The van der Waals surface area contributed by atoms with Gasteiger partial charge in [-0.3, -0.25) is 0 Å². The molecule has 0 aromatic heterocycles. The number of hydrogen-bond acceptors (Lipinski definition) is 2. The summed E-state index contributed by atoms with van der Waals surface area (Å²) in [5.41, 5.74) is 5.48. The Morgan fingerprint density at radius 2 is 2.14 bits per heavy atom. The molecule has 1 rings (SSSR count). The second-order valence-corrected chi connectivity index (χ2v) is 5.21. The molecule has 0 radical (unpaired) electrons. The minimum Gasteiger partial charge on any atom is -0.393 e. The molecule has 14 heavy (non-hydrogen) atoms. The molecular weight excluding hydrogens is 192 g/mol. The predicted octanol–water partition coefficient (Wildman–Crippen LogP) is 2.17. The van der Waals surface area contributed by atoms with Crippen molar-refractivity contribution in [2.24, 2.45) is 11.7 Å². The Hall–Kier alpha value is -0.150. The third-order valence-electron chi connectivity index (χ3n) is 2.53. The van der Waals surface area contributed by atoms with E-state index in [-0.39, 0.29) is 0 Å². The van der Waals surface area contributed by atoms with E-state index >= 15 is 0 Å². The molecule has 0 amide bonds. The predicted molar refractivity (Wildman–Crippen MR) is 65.5 cm³/mol. The van der Waals surface area contributed by atoms with Crippen molar-refractivity contribution >= 4 is 17.2 Å². The Morgan fingerprint density at radius 1 is 1.50 bits per heavy atom. The highest BCUT2D eigenvalue weighted by atomic mass is 32.1. The largest absolute Gasteiger partial charge is 0.393 e. The highest BCUT2D eigenvalue weighted by molar-refractivity contribution is 7.80. The molecule has 82 valence electrons. The lowest BCUT2D eigenvalue weighted by atomic mass is 10.2. The average Bonchev–Trinajstić information content (AvgIpc) is 2.83. The van der Waals surface area contributed by atoms with Gasteiger partial charge < -0.3 is 10.6 Å². The van der Waals surface area contributed by atoms with Crippen LogP contribution in [0.25, 0.3) is 0 Å². The molecule has 0 aliphatic heterocycles. The first-order chi connectivity index (χ1) is 6.59. The highest BCUT2D eigenvalue weighted by Gasteiger charge is 2.28. The van der Waals surface area contributed by atoms with Crippen LogP contribution in [0.4, 0.5) is 0 Å². The van der Waals surface area contributed by atoms with Gasteiger partial charge in [0.1, 0.15) is 0 Å². The van der Waals surface area contributed by atoms with Crippen molar-refractivity contribution in [2.75, 3.05) is 13.1 Å². The Balaban J connectivity index is 2.18. The average molecular weight is 214 g/mol. The SMILES string of the molecule is CC(C)CN(CCCC(N)=S)C1CC1. The molecule has 0 unspecified atom stereocenters. The van der Waals surface area contributed by atoms with Crippen molar-refractivity contribution in [1.29, 1.82) is 0 Å². The molecule has 2 N–H and O–H groups in total. The molecule has 0 heterocycles. The van der Waals surface area contributed by atoms with E-state index in [1.165, 1.54) is 25.9 Å². The normalized spacial score (nSPS) is 16.6. The first-order valence-corrected chi connectivity index (χ1v) is 6.02. The van der Waals surface area contributed by atoms with E-state index in [1.54, 1.807) is 0 Å². The topological polar surface area (TPSA) is 29.3 Å². The Labute approximate surface area is 92.8 Å². The molecule has 1 aliphatic rings. The van der Waals surface area contributed by atoms with Crippen LogP contribution in [0.3, 0.4) is 0 Å². The van der Waals surface area contributed by atoms with Crippen molar-refractivity contribution in [3.63, 3.8) is 0 Å². The van der Waals surface area contributed by atoms with Crippen LogP contribution in [0.5, 0.6) is 0 Å². The summed E-state index contributed by atoms with van der Waals surface area (Å²) in [7, 11) is 0. The van der Waals surface area contributed by atoms with Crippen LogP contribution in [0.15, 0.2) is 0 Å². The van der Waals surface area contributed by atoms with Gasteiger partial charge in [-0.05, 0) is 38.1 Å². The van der Waals surface area contributed by atoms with E-state index in [1.807, 2.05) is 0 Å². The summed E-state index contributed by atoms with van der Waals surface area (Å²) >= 11 is 4.88. The van der Waals surface area contributed by atoms with Gasteiger partial charge in [-0.15, -0.1) is 0 Å². The van der Waals surface area contributed by atoms with Gasteiger partial charge >= 0.3 is 0 Å². The summed E-state index contributed by atoms with van der Waals surface area (Å²) in [4.78, 5) is 3.26. The summed E-state index contributed by atoms with van der Waals surface area (Å²) in [6.07, 6.45) is 4.80. The number of hydrogen-bond donors (Lipinski definition) is 1. The zero-order valence-corrected chi connectivity index (χ0v) is 10.1. The van der Waals surface area contributed by atoms with Gasteiger partial charge in [0.25, 0.3) is 0 Å². The van der Waals surface area contributed by atoms with Crippen molar-refractivity contribution in [3.05, 3.63) is 0 Å². The van der Waals surface area contributed by atoms with E-state index in [0.29, 0.717) is 4.99 Å². The first-order valence-electron chi connectivity index (χ1n) is 5.62. The molecule has 1 saturated carbocycles. The number of nitrogens with two attached hydrogens (primary N) is 1. The minimum atomic E-state index is 0.658. The van der Waals surface area contributed by atoms with Gasteiger partial charge in [-0.2, -0.15) is 0 Å². The van der Waals surface area contributed by atoms with Crippen LogP contribution in [-0.2, 0) is 0 Å². The van der Waals surface area contributed by atoms with Crippen LogP contribution >= 0.6 is 12.2 Å². The molecule has 0 saturated heterocycles. The van der Waals surface area contributed by atoms with Gasteiger partial charge in [0.15, 0.2) is 0 Å². The van der Waals surface area contributed by atoms with Crippen LogP contribution in [0, 0.1) is 5.92 Å². The highest BCUT2D eigenvalue weighted by Crippen LogP contribution is 2.27. The maximum absolute atomic E-state index is 5.48. The third-order valence-corrected chi connectivity index (χ3v) is 2.74. The van der Waals surface area contributed by atoms with Crippen molar-refractivity contribution in [1.82, 2.24) is 4.90 Å². The van der Waals surface area contributed by atoms with Crippen LogP contribution in [0.1, 0.15) is 39.5 Å². The Morgan fingerprint density at radius 3 is 2.57 bits per heavy atom. The fraction of sp³-hybridized carbons (Fsp3) is 0.909. The lowest BCUT2D eigenvalue weighted by Crippen LogP contribution is -2.31. The minimum absolute atomic E-state index is 0.658. The number of rotatable bonds is 7. The van der Waals surface area contributed by atoms with Crippen LogP contribution in [0.2, 0.25) is 0 Å². The lowest BCUT2D eigenvalue weighted by molar-refractivity contribution is 0.233. The Bertz CT molecular complexity index is 188. The zero-order chi connectivity index (χ0) is 10.6. The number of thiocarbonyl (C=S) groups is 1. The molecule has 3 heteroatoms.